The Kier molecular flexibility index (Phi) is 5.50. The molecule has 0 aliphatic carbocycles. The molecule has 1 amide bonds. The molecule has 6 heteroatoms. The van der Waals surface area contributed by atoms with Gasteiger partial charge in [-0.2, -0.15) is 9.78 Å². The lowest BCUT2D eigenvalue weighted by Gasteiger charge is -2.19. The van der Waals surface area contributed by atoms with Crippen LogP contribution in [0.25, 0.3) is 16.4 Å². The Balaban J connectivity index is 1.58. The van der Waals surface area contributed by atoms with Gasteiger partial charge in [-0.1, -0.05) is 62.7 Å². The predicted molar refractivity (Wildman–Crippen MR) is 127 cm³/mol. The smallest absolute Gasteiger partial charge is 0.256 e. The number of nitrogens with one attached hydrogen (secondary N) is 1. The van der Waals surface area contributed by atoms with Crippen LogP contribution in [0.2, 0.25) is 0 Å². The van der Waals surface area contributed by atoms with Crippen LogP contribution in [0, 0.1) is 13.8 Å². The van der Waals surface area contributed by atoms with E-state index in [1.165, 1.54) is 22.5 Å². The maximum atomic E-state index is 12.9. The molecule has 4 aromatic rings. The largest absolute Gasteiger partial charge is 0.306 e. The van der Waals surface area contributed by atoms with Gasteiger partial charge >= 0.3 is 0 Å². The summed E-state index contributed by atoms with van der Waals surface area (Å²) in [7, 11) is 0. The molecule has 0 saturated carbocycles. The number of aromatic nitrogens is 3. The summed E-state index contributed by atoms with van der Waals surface area (Å²) >= 11 is 1.49. The van der Waals surface area contributed by atoms with Crippen molar-refractivity contribution in [2.75, 3.05) is 5.32 Å². The third-order valence-corrected chi connectivity index (χ3v) is 5.92. The van der Waals surface area contributed by atoms with Gasteiger partial charge in [0.2, 0.25) is 5.13 Å². The Morgan fingerprint density at radius 1 is 1.00 bits per heavy atom. The highest BCUT2D eigenvalue weighted by Crippen LogP contribution is 2.27. The zero-order chi connectivity index (χ0) is 22.2. The van der Waals surface area contributed by atoms with Crippen molar-refractivity contribution in [2.24, 2.45) is 0 Å². The molecule has 2 aromatic heterocycles. The quantitative estimate of drug-likeness (QED) is 0.422. The van der Waals surface area contributed by atoms with Gasteiger partial charge in [0.25, 0.3) is 5.91 Å². The molecule has 2 aromatic carbocycles. The first kappa shape index (κ1) is 21.0. The van der Waals surface area contributed by atoms with E-state index < -0.39 is 0 Å². The molecule has 0 fully saturated rings. The second-order valence-electron chi connectivity index (χ2n) is 8.75. The van der Waals surface area contributed by atoms with Crippen molar-refractivity contribution in [1.29, 1.82) is 0 Å². The number of aryl methyl sites for hydroxylation is 2. The Bertz CT molecular complexity index is 1210. The van der Waals surface area contributed by atoms with Gasteiger partial charge in [-0.05, 0) is 37.0 Å². The fraction of sp³-hybridized carbons (Fsp3) is 0.240. The number of anilines is 1. The van der Waals surface area contributed by atoms with Crippen molar-refractivity contribution in [2.45, 2.75) is 40.0 Å². The standard InChI is InChI=1S/C25H26N4OS/c1-16-6-8-18(9-7-16)21-15-31-24(26-21)29-22(14-17(2)28-29)27-23(30)19-10-12-20(13-11-19)25(3,4)5/h6-15H,1-5H3,(H,27,30). The average molecular weight is 431 g/mol. The number of hydrogen-bond donors (Lipinski definition) is 1. The Hall–Kier alpha value is -3.25. The highest BCUT2D eigenvalue weighted by atomic mass is 32.1. The lowest BCUT2D eigenvalue weighted by atomic mass is 9.87. The van der Waals surface area contributed by atoms with Crippen LogP contribution in [0.5, 0.6) is 0 Å². The van der Waals surface area contributed by atoms with Crippen LogP contribution in [0.4, 0.5) is 5.82 Å². The number of carbonyl (C=O) groups excluding carboxylic acids is 1. The topological polar surface area (TPSA) is 59.8 Å². The van der Waals surface area contributed by atoms with Crippen molar-refractivity contribution >= 4 is 23.1 Å². The number of carbonyl (C=O) groups is 1. The summed E-state index contributed by atoms with van der Waals surface area (Å²) < 4.78 is 1.69. The van der Waals surface area contributed by atoms with Crippen LogP contribution < -0.4 is 5.32 Å². The van der Waals surface area contributed by atoms with E-state index in [0.29, 0.717) is 16.5 Å². The van der Waals surface area contributed by atoms with E-state index in [9.17, 15) is 4.79 Å². The Morgan fingerprint density at radius 2 is 1.68 bits per heavy atom. The average Bonchev–Trinajstić information content (AvgIpc) is 3.34. The van der Waals surface area contributed by atoms with Crippen molar-refractivity contribution in [3.05, 3.63) is 82.4 Å². The third-order valence-electron chi connectivity index (χ3n) is 5.11. The number of thiazole rings is 1. The van der Waals surface area contributed by atoms with Gasteiger partial charge in [0.15, 0.2) is 0 Å². The second kappa shape index (κ2) is 8.12. The highest BCUT2D eigenvalue weighted by molar-refractivity contribution is 7.12. The molecule has 0 atom stereocenters. The molecule has 31 heavy (non-hydrogen) atoms. The maximum absolute atomic E-state index is 12.9. The number of benzene rings is 2. The minimum atomic E-state index is -0.170. The number of amides is 1. The highest BCUT2D eigenvalue weighted by Gasteiger charge is 2.17. The van der Waals surface area contributed by atoms with Crippen molar-refractivity contribution in [3.63, 3.8) is 0 Å². The summed E-state index contributed by atoms with van der Waals surface area (Å²) in [5, 5.41) is 10.3. The predicted octanol–water partition coefficient (Wildman–Crippen LogP) is 6.16. The van der Waals surface area contributed by atoms with E-state index in [0.717, 1.165) is 17.0 Å². The van der Waals surface area contributed by atoms with Gasteiger partial charge in [-0.15, -0.1) is 11.3 Å². The molecule has 5 nitrogen and oxygen atoms in total. The molecule has 0 aliphatic rings. The molecule has 0 aliphatic heterocycles. The Labute approximate surface area is 186 Å². The summed E-state index contributed by atoms with van der Waals surface area (Å²) in [6, 6.07) is 17.9. The van der Waals surface area contributed by atoms with E-state index in [-0.39, 0.29) is 11.3 Å². The van der Waals surface area contributed by atoms with Crippen LogP contribution in [0.3, 0.4) is 0 Å². The number of nitrogens with zero attached hydrogens (tertiary/aromatic N) is 3. The molecule has 0 radical (unpaired) electrons. The minimum absolute atomic E-state index is 0.0464. The zero-order valence-corrected chi connectivity index (χ0v) is 19.2. The minimum Gasteiger partial charge on any atom is -0.306 e. The molecule has 0 saturated heterocycles. The lowest BCUT2D eigenvalue weighted by Crippen LogP contribution is -2.16. The summed E-state index contributed by atoms with van der Waals surface area (Å²) in [5.41, 5.74) is 5.82. The zero-order valence-electron chi connectivity index (χ0n) is 18.4. The monoisotopic (exact) mass is 430 g/mol. The van der Waals surface area contributed by atoms with Crippen LogP contribution in [0.15, 0.2) is 60.0 Å². The fourth-order valence-electron chi connectivity index (χ4n) is 3.26. The summed E-state index contributed by atoms with van der Waals surface area (Å²) in [6.07, 6.45) is 0. The van der Waals surface area contributed by atoms with Crippen molar-refractivity contribution < 1.29 is 4.79 Å². The summed E-state index contributed by atoms with van der Waals surface area (Å²) in [6.45, 7) is 10.4. The van der Waals surface area contributed by atoms with E-state index in [1.54, 1.807) is 4.68 Å². The SMILES string of the molecule is Cc1ccc(-c2csc(-n3nc(C)cc3NC(=O)c3ccc(C(C)(C)C)cc3)n2)cc1. The first-order valence-corrected chi connectivity index (χ1v) is 11.1. The maximum Gasteiger partial charge on any atom is 0.256 e. The van der Waals surface area contributed by atoms with E-state index in [1.807, 2.05) is 42.6 Å². The first-order chi connectivity index (χ1) is 14.7. The van der Waals surface area contributed by atoms with Crippen LogP contribution in [-0.2, 0) is 5.41 Å². The number of hydrogen-bond acceptors (Lipinski definition) is 4. The Morgan fingerprint density at radius 3 is 2.32 bits per heavy atom. The summed E-state index contributed by atoms with van der Waals surface area (Å²) in [4.78, 5) is 17.6. The van der Waals surface area contributed by atoms with Gasteiger partial charge in [-0.3, -0.25) is 4.79 Å². The molecule has 0 unspecified atom stereocenters. The van der Waals surface area contributed by atoms with E-state index in [4.69, 9.17) is 4.98 Å². The van der Waals surface area contributed by atoms with Crippen LogP contribution in [0.1, 0.15) is 48.0 Å². The van der Waals surface area contributed by atoms with Gasteiger partial charge in [-0.25, -0.2) is 4.98 Å². The van der Waals surface area contributed by atoms with E-state index in [2.05, 4.69) is 62.4 Å². The molecule has 4 rings (SSSR count). The summed E-state index contributed by atoms with van der Waals surface area (Å²) in [5.74, 6) is 0.434. The molecule has 1 N–H and O–H groups in total. The van der Waals surface area contributed by atoms with Gasteiger partial charge in [0, 0.05) is 22.6 Å². The first-order valence-electron chi connectivity index (χ1n) is 10.2. The van der Waals surface area contributed by atoms with Crippen molar-refractivity contribution in [1.82, 2.24) is 14.8 Å². The molecule has 0 bridgehead atoms. The molecular formula is C25H26N4OS. The van der Waals surface area contributed by atoms with E-state index >= 15 is 0 Å². The lowest BCUT2D eigenvalue weighted by molar-refractivity contribution is 0.102. The number of rotatable bonds is 4. The van der Waals surface area contributed by atoms with Crippen LogP contribution in [-0.4, -0.2) is 20.7 Å². The fourth-order valence-corrected chi connectivity index (χ4v) is 4.06. The van der Waals surface area contributed by atoms with Gasteiger partial charge in [0.1, 0.15) is 5.82 Å². The third kappa shape index (κ3) is 4.59. The molecule has 158 valence electrons. The molecule has 0 spiro atoms. The van der Waals surface area contributed by atoms with Crippen molar-refractivity contribution in [3.8, 4) is 16.4 Å². The van der Waals surface area contributed by atoms with Gasteiger partial charge < -0.3 is 5.32 Å². The van der Waals surface area contributed by atoms with Gasteiger partial charge in [0.05, 0.1) is 11.4 Å². The second-order valence-corrected chi connectivity index (χ2v) is 9.58. The molecular weight excluding hydrogens is 404 g/mol. The van der Waals surface area contributed by atoms with Crippen LogP contribution >= 0.6 is 11.3 Å². The normalized spacial score (nSPS) is 11.5. The molecule has 2 heterocycles.